The highest BCUT2D eigenvalue weighted by Crippen LogP contribution is 2.20. The molecule has 1 nitrogen and oxygen atoms in total. The largest absolute Gasteiger partial charge is 0.376 e. The monoisotopic (exact) mass is 237 g/mol. The van der Waals surface area contributed by atoms with Gasteiger partial charge in [0.25, 0.3) is 0 Å². The Morgan fingerprint density at radius 2 is 1.47 bits per heavy atom. The molecule has 0 aromatic heterocycles. The van der Waals surface area contributed by atoms with Gasteiger partial charge in [-0.3, -0.25) is 0 Å². The lowest BCUT2D eigenvalue weighted by atomic mass is 10.2. The molecule has 0 fully saturated rings. The van der Waals surface area contributed by atoms with Crippen LogP contribution in [0.25, 0.3) is 0 Å². The van der Waals surface area contributed by atoms with Gasteiger partial charge in [0.2, 0.25) is 0 Å². The predicted octanol–water partition coefficient (Wildman–Crippen LogP) is 3.72. The minimum Gasteiger partial charge on any atom is -0.376 e. The van der Waals surface area contributed by atoms with E-state index in [0.717, 1.165) is 5.56 Å². The highest BCUT2D eigenvalue weighted by molar-refractivity contribution is 5.46. The topological polar surface area (TPSA) is 12.0 Å². The van der Waals surface area contributed by atoms with Crippen molar-refractivity contribution in [2.24, 2.45) is 0 Å². The average molecular weight is 237 g/mol. The van der Waals surface area contributed by atoms with Crippen LogP contribution in [0.1, 0.15) is 5.56 Å². The van der Waals surface area contributed by atoms with Gasteiger partial charge in [0, 0.05) is 18.7 Å². The zero-order valence-corrected chi connectivity index (χ0v) is 8.88. The zero-order chi connectivity index (χ0) is 12.3. The second-order valence-electron chi connectivity index (χ2n) is 3.58. The van der Waals surface area contributed by atoms with E-state index in [9.17, 15) is 13.2 Å². The molecule has 0 aliphatic carbocycles. The van der Waals surface area contributed by atoms with E-state index in [1.807, 2.05) is 30.3 Å². The van der Waals surface area contributed by atoms with Gasteiger partial charge in [-0.1, -0.05) is 30.3 Å². The lowest BCUT2D eigenvalue weighted by molar-refractivity contribution is 0.547. The molecule has 0 aliphatic heterocycles. The summed E-state index contributed by atoms with van der Waals surface area (Å²) in [4.78, 5) is 0. The minimum absolute atomic E-state index is 0.278. The van der Waals surface area contributed by atoms with Crippen LogP contribution in [-0.4, -0.2) is 0 Å². The predicted molar refractivity (Wildman–Crippen MR) is 60.1 cm³/mol. The van der Waals surface area contributed by atoms with Gasteiger partial charge < -0.3 is 5.32 Å². The van der Waals surface area contributed by atoms with Crippen LogP contribution in [0.5, 0.6) is 0 Å². The summed E-state index contributed by atoms with van der Waals surface area (Å²) in [5.41, 5.74) is 0.575. The number of nitrogens with one attached hydrogen (secondary N) is 1. The molecule has 0 aliphatic rings. The number of anilines is 1. The SMILES string of the molecule is Fc1cc(F)c(NCc2ccccc2)c(F)c1. The van der Waals surface area contributed by atoms with Crippen LogP contribution in [0.3, 0.4) is 0 Å². The van der Waals surface area contributed by atoms with E-state index in [-0.39, 0.29) is 12.2 Å². The molecule has 0 saturated heterocycles. The van der Waals surface area contributed by atoms with E-state index in [1.54, 1.807) is 0 Å². The van der Waals surface area contributed by atoms with Gasteiger partial charge in [-0.2, -0.15) is 0 Å². The summed E-state index contributed by atoms with van der Waals surface area (Å²) in [6, 6.07) is 10.5. The fourth-order valence-electron chi connectivity index (χ4n) is 1.50. The molecule has 0 spiro atoms. The number of hydrogen-bond donors (Lipinski definition) is 1. The summed E-state index contributed by atoms with van der Waals surface area (Å²) in [6.07, 6.45) is 0. The first-order valence-corrected chi connectivity index (χ1v) is 5.09. The van der Waals surface area contributed by atoms with Gasteiger partial charge in [-0.15, -0.1) is 0 Å². The summed E-state index contributed by atoms with van der Waals surface area (Å²) in [5, 5.41) is 2.61. The smallest absolute Gasteiger partial charge is 0.152 e. The van der Waals surface area contributed by atoms with Crippen molar-refractivity contribution in [3.8, 4) is 0 Å². The molecule has 0 radical (unpaired) electrons. The van der Waals surface area contributed by atoms with E-state index in [4.69, 9.17) is 0 Å². The van der Waals surface area contributed by atoms with Gasteiger partial charge in [-0.25, -0.2) is 13.2 Å². The Labute approximate surface area is 96.9 Å². The first kappa shape index (κ1) is 11.5. The van der Waals surface area contributed by atoms with Gasteiger partial charge in [-0.05, 0) is 5.56 Å². The first-order chi connectivity index (χ1) is 8.16. The van der Waals surface area contributed by atoms with Crippen LogP contribution in [0.2, 0.25) is 0 Å². The van der Waals surface area contributed by atoms with E-state index in [2.05, 4.69) is 5.32 Å². The molecule has 17 heavy (non-hydrogen) atoms. The Morgan fingerprint density at radius 3 is 2.06 bits per heavy atom. The second-order valence-corrected chi connectivity index (χ2v) is 3.58. The molecule has 2 aromatic rings. The van der Waals surface area contributed by atoms with Crippen molar-refractivity contribution in [3.63, 3.8) is 0 Å². The summed E-state index contributed by atoms with van der Waals surface area (Å²) in [7, 11) is 0. The highest BCUT2D eigenvalue weighted by atomic mass is 19.1. The molecule has 88 valence electrons. The van der Waals surface area contributed by atoms with Crippen LogP contribution in [-0.2, 0) is 6.54 Å². The third-order valence-corrected chi connectivity index (χ3v) is 2.32. The fraction of sp³-hybridized carbons (Fsp3) is 0.0769. The normalized spacial score (nSPS) is 10.3. The van der Waals surface area contributed by atoms with Gasteiger partial charge >= 0.3 is 0 Å². The first-order valence-electron chi connectivity index (χ1n) is 5.09. The van der Waals surface area contributed by atoms with Crippen LogP contribution in [0, 0.1) is 17.5 Å². The van der Waals surface area contributed by atoms with Crippen LogP contribution in [0.15, 0.2) is 42.5 Å². The van der Waals surface area contributed by atoms with E-state index in [0.29, 0.717) is 12.1 Å². The molecule has 0 bridgehead atoms. The molecule has 2 rings (SSSR count). The van der Waals surface area contributed by atoms with Crippen LogP contribution < -0.4 is 5.32 Å². The maximum Gasteiger partial charge on any atom is 0.152 e. The molecule has 0 saturated carbocycles. The van der Waals surface area contributed by atoms with Gasteiger partial charge in [0.1, 0.15) is 11.5 Å². The molecule has 0 heterocycles. The van der Waals surface area contributed by atoms with Crippen LogP contribution in [0.4, 0.5) is 18.9 Å². The lowest BCUT2D eigenvalue weighted by Gasteiger charge is -2.08. The van der Waals surface area contributed by atoms with Crippen molar-refractivity contribution in [2.45, 2.75) is 6.54 Å². The minimum atomic E-state index is -0.932. The Hall–Kier alpha value is -1.97. The van der Waals surface area contributed by atoms with Crippen molar-refractivity contribution >= 4 is 5.69 Å². The summed E-state index contributed by atoms with van der Waals surface area (Å²) in [5.74, 6) is -2.79. The maximum atomic E-state index is 13.3. The summed E-state index contributed by atoms with van der Waals surface area (Å²) < 4.78 is 39.2. The third kappa shape index (κ3) is 2.78. The van der Waals surface area contributed by atoms with E-state index >= 15 is 0 Å². The summed E-state index contributed by atoms with van der Waals surface area (Å²) >= 11 is 0. The zero-order valence-electron chi connectivity index (χ0n) is 8.88. The standard InChI is InChI=1S/C13H10F3N/c14-10-6-11(15)13(12(16)7-10)17-8-9-4-2-1-3-5-9/h1-7,17H,8H2. The van der Waals surface area contributed by atoms with Crippen molar-refractivity contribution in [1.29, 1.82) is 0 Å². The second kappa shape index (κ2) is 4.91. The highest BCUT2D eigenvalue weighted by Gasteiger charge is 2.10. The number of hydrogen-bond acceptors (Lipinski definition) is 1. The molecule has 4 heteroatoms. The quantitative estimate of drug-likeness (QED) is 0.857. The molecule has 1 N–H and O–H groups in total. The van der Waals surface area contributed by atoms with E-state index < -0.39 is 17.5 Å². The van der Waals surface area contributed by atoms with Crippen LogP contribution >= 0.6 is 0 Å². The maximum absolute atomic E-state index is 13.3. The number of rotatable bonds is 3. The Bertz CT molecular complexity index is 488. The molecular weight excluding hydrogens is 227 g/mol. The van der Waals surface area contributed by atoms with E-state index in [1.165, 1.54) is 0 Å². The molecular formula is C13H10F3N. The van der Waals surface area contributed by atoms with Gasteiger partial charge in [0.05, 0.1) is 0 Å². The number of benzene rings is 2. The molecule has 0 amide bonds. The Kier molecular flexibility index (Phi) is 3.32. The molecule has 2 aromatic carbocycles. The Balaban J connectivity index is 2.15. The van der Waals surface area contributed by atoms with Crippen molar-refractivity contribution in [3.05, 3.63) is 65.5 Å². The average Bonchev–Trinajstić information content (AvgIpc) is 2.29. The van der Waals surface area contributed by atoms with Crippen molar-refractivity contribution < 1.29 is 13.2 Å². The lowest BCUT2D eigenvalue weighted by Crippen LogP contribution is -2.04. The fourth-order valence-corrected chi connectivity index (χ4v) is 1.50. The molecule has 0 unspecified atom stereocenters. The summed E-state index contributed by atoms with van der Waals surface area (Å²) in [6.45, 7) is 0.278. The molecule has 0 atom stereocenters. The van der Waals surface area contributed by atoms with Gasteiger partial charge in [0.15, 0.2) is 11.6 Å². The number of halogens is 3. The third-order valence-electron chi connectivity index (χ3n) is 2.32. The van der Waals surface area contributed by atoms with Crippen molar-refractivity contribution in [2.75, 3.05) is 5.32 Å². The Morgan fingerprint density at radius 1 is 0.882 bits per heavy atom. The van der Waals surface area contributed by atoms with Crippen molar-refractivity contribution in [1.82, 2.24) is 0 Å².